The number of carboxylic acid groups (broad SMARTS) is 2. The molecule has 6 N–H and O–H groups in total. The van der Waals surface area contributed by atoms with Crippen LogP contribution in [0.15, 0.2) is 11.3 Å². The van der Waals surface area contributed by atoms with Crippen LogP contribution >= 0.6 is 0 Å². The Hall–Kier alpha value is -4.20. The van der Waals surface area contributed by atoms with Crippen LogP contribution in [0.2, 0.25) is 0 Å². The number of allylic oxidation sites excluding steroid dienone is 1. The summed E-state index contributed by atoms with van der Waals surface area (Å²) >= 11 is 0. The molecule has 0 saturated carbocycles. The molecule has 0 aromatic carbocycles. The molecule has 3 aromatic heterocycles. The van der Waals surface area contributed by atoms with Gasteiger partial charge in [0.05, 0.1) is 6.04 Å². The first-order valence-corrected chi connectivity index (χ1v) is 15.0. The van der Waals surface area contributed by atoms with Gasteiger partial charge >= 0.3 is 11.9 Å². The second kappa shape index (κ2) is 11.6. The van der Waals surface area contributed by atoms with Crippen molar-refractivity contribution in [3.63, 3.8) is 0 Å². The lowest BCUT2D eigenvalue weighted by Crippen LogP contribution is -2.29. The smallest absolute Gasteiger partial charge is 0.303 e. The molecule has 42 heavy (non-hydrogen) atoms. The number of H-pyrrole nitrogens is 3. The van der Waals surface area contributed by atoms with Gasteiger partial charge in [0, 0.05) is 57.2 Å². The van der Waals surface area contributed by atoms with Crippen molar-refractivity contribution in [3.8, 4) is 0 Å². The second-order valence-electron chi connectivity index (χ2n) is 11.7. The Morgan fingerprint density at radius 2 is 1.31 bits per heavy atom. The molecule has 0 fully saturated rings. The van der Waals surface area contributed by atoms with E-state index in [0.717, 1.165) is 73.6 Å². The largest absolute Gasteiger partial charge is 0.481 e. The zero-order valence-electron chi connectivity index (χ0n) is 25.4. The van der Waals surface area contributed by atoms with Crippen molar-refractivity contribution < 1.29 is 19.8 Å². The van der Waals surface area contributed by atoms with E-state index >= 15 is 0 Å². The van der Waals surface area contributed by atoms with Crippen molar-refractivity contribution in [2.45, 2.75) is 86.1 Å². The van der Waals surface area contributed by atoms with Crippen LogP contribution in [0.5, 0.6) is 0 Å². The van der Waals surface area contributed by atoms with Crippen LogP contribution in [-0.4, -0.2) is 43.1 Å². The van der Waals surface area contributed by atoms with E-state index in [1.54, 1.807) is 0 Å². The minimum Gasteiger partial charge on any atom is -0.481 e. The van der Waals surface area contributed by atoms with Gasteiger partial charge in [-0.3, -0.25) is 9.59 Å². The van der Waals surface area contributed by atoms with E-state index in [1.165, 1.54) is 16.7 Å². The standard InChI is InChI=1S/C34H42N4O4/c1-7-21-17(3)25-13-26-19(5)23(9-11-33(39)40)31(37-26)16-32-24(10-12-34(41)42)20(6)28(38-32)15-30-22(8-2)18(4)27(36-30)14-29(21)35-25/h13-16,22,30,35-38H,7-12H2,1-6H3,(H,39,40)(H,41,42)/b25-13-,28-15-,29-14-,32-16-. The summed E-state index contributed by atoms with van der Waals surface area (Å²) in [6.45, 7) is 12.8. The number of aliphatic carboxylic acids is 2. The number of aromatic amines is 3. The Morgan fingerprint density at radius 1 is 0.714 bits per heavy atom. The minimum atomic E-state index is -0.842. The normalized spacial score (nSPS) is 20.9. The molecule has 222 valence electrons. The zero-order chi connectivity index (χ0) is 30.3. The van der Waals surface area contributed by atoms with Crippen LogP contribution in [0.1, 0.15) is 84.8 Å². The van der Waals surface area contributed by atoms with E-state index in [4.69, 9.17) is 0 Å². The third kappa shape index (κ3) is 5.38. The molecule has 5 heterocycles. The minimum absolute atomic E-state index is 0.0223. The van der Waals surface area contributed by atoms with Gasteiger partial charge in [0.2, 0.25) is 0 Å². The molecular weight excluding hydrogens is 528 g/mol. The Morgan fingerprint density at radius 3 is 1.95 bits per heavy atom. The number of carbonyl (C=O) groups is 2. The molecule has 2 unspecified atom stereocenters. The summed E-state index contributed by atoms with van der Waals surface area (Å²) in [5.74, 6) is -1.35. The summed E-state index contributed by atoms with van der Waals surface area (Å²) in [6, 6.07) is 0.0873. The molecule has 0 radical (unpaired) electrons. The van der Waals surface area contributed by atoms with Gasteiger partial charge in [-0.2, -0.15) is 0 Å². The Kier molecular flexibility index (Phi) is 8.08. The Labute approximate surface area is 245 Å². The number of aromatic nitrogens is 3. The summed E-state index contributed by atoms with van der Waals surface area (Å²) in [4.78, 5) is 34.0. The quantitative estimate of drug-likeness (QED) is 0.248. The predicted octanol–water partition coefficient (Wildman–Crippen LogP) is 2.70. The molecular formula is C34H42N4O4. The fraction of sp³-hybridized carbons (Fsp3) is 0.412. The van der Waals surface area contributed by atoms with Gasteiger partial charge in [-0.15, -0.1) is 0 Å². The van der Waals surface area contributed by atoms with Gasteiger partial charge in [0.15, 0.2) is 0 Å². The molecule has 0 aliphatic carbocycles. The maximum absolute atomic E-state index is 11.6. The first kappa shape index (κ1) is 29.3. The average molecular weight is 571 g/mol. The summed E-state index contributed by atoms with van der Waals surface area (Å²) < 4.78 is 0. The molecule has 5 rings (SSSR count). The Balaban J connectivity index is 1.86. The van der Waals surface area contributed by atoms with Crippen LogP contribution in [0.3, 0.4) is 0 Å². The highest BCUT2D eigenvalue weighted by molar-refractivity contribution is 5.69. The lowest BCUT2D eigenvalue weighted by atomic mass is 9.92. The highest BCUT2D eigenvalue weighted by atomic mass is 16.4. The SMILES string of the molecule is CCc1c(C)/c2[nH]/c1=C\C1=C(C)C(CC)C(/C=c3\[nH]/c(c(CCC(=O)O)c3C)=C\c3[nH]c(c(C)c3CCC(=O)O)\C=2)N1. The fourth-order valence-corrected chi connectivity index (χ4v) is 6.77. The maximum Gasteiger partial charge on any atom is 0.303 e. The van der Waals surface area contributed by atoms with Crippen LogP contribution in [0, 0.1) is 26.7 Å². The number of hydrogen-bond donors (Lipinski definition) is 6. The highest BCUT2D eigenvalue weighted by Crippen LogP contribution is 2.30. The van der Waals surface area contributed by atoms with E-state index in [0.29, 0.717) is 18.8 Å². The number of carboxylic acids is 2. The van der Waals surface area contributed by atoms with E-state index in [-0.39, 0.29) is 18.9 Å². The molecule has 8 bridgehead atoms. The van der Waals surface area contributed by atoms with Gasteiger partial charge in [0.1, 0.15) is 0 Å². The molecule has 3 aromatic rings. The molecule has 2 aliphatic heterocycles. The van der Waals surface area contributed by atoms with Gasteiger partial charge in [-0.1, -0.05) is 13.8 Å². The van der Waals surface area contributed by atoms with E-state index in [2.05, 4.69) is 73.1 Å². The third-order valence-electron chi connectivity index (χ3n) is 9.27. The van der Waals surface area contributed by atoms with Crippen molar-refractivity contribution in [1.29, 1.82) is 0 Å². The van der Waals surface area contributed by atoms with E-state index in [1.807, 2.05) is 13.0 Å². The van der Waals surface area contributed by atoms with Crippen LogP contribution < -0.4 is 26.7 Å². The summed E-state index contributed by atoms with van der Waals surface area (Å²) in [5, 5.41) is 26.7. The number of rotatable bonds is 8. The molecule has 8 nitrogen and oxygen atoms in total. The predicted molar refractivity (Wildman–Crippen MR) is 166 cm³/mol. The van der Waals surface area contributed by atoms with Crippen molar-refractivity contribution in [2.24, 2.45) is 5.92 Å². The van der Waals surface area contributed by atoms with Crippen molar-refractivity contribution >= 4 is 36.2 Å². The monoisotopic (exact) mass is 570 g/mol. The summed E-state index contributed by atoms with van der Waals surface area (Å²) in [6.07, 6.45) is 11.4. The number of hydrogen-bond acceptors (Lipinski definition) is 3. The maximum atomic E-state index is 11.6. The third-order valence-corrected chi connectivity index (χ3v) is 9.27. The highest BCUT2D eigenvalue weighted by Gasteiger charge is 2.29. The van der Waals surface area contributed by atoms with Crippen molar-refractivity contribution in [3.05, 3.63) is 77.4 Å². The lowest BCUT2D eigenvalue weighted by Gasteiger charge is -2.16. The molecule has 0 saturated heterocycles. The first-order valence-electron chi connectivity index (χ1n) is 15.0. The number of nitrogens with one attached hydrogen (secondary N) is 4. The van der Waals surface area contributed by atoms with Gasteiger partial charge < -0.3 is 30.5 Å². The summed E-state index contributed by atoms with van der Waals surface area (Å²) in [5.41, 5.74) is 10.7. The second-order valence-corrected chi connectivity index (χ2v) is 11.7. The molecule has 2 aliphatic rings. The van der Waals surface area contributed by atoms with Crippen LogP contribution in [0.25, 0.3) is 24.3 Å². The van der Waals surface area contributed by atoms with Crippen LogP contribution in [-0.2, 0) is 28.9 Å². The molecule has 2 atom stereocenters. The molecule has 8 heteroatoms. The van der Waals surface area contributed by atoms with Gasteiger partial charge in [0.25, 0.3) is 0 Å². The first-order chi connectivity index (χ1) is 20.0. The van der Waals surface area contributed by atoms with E-state index < -0.39 is 11.9 Å². The summed E-state index contributed by atoms with van der Waals surface area (Å²) in [7, 11) is 0. The van der Waals surface area contributed by atoms with Crippen molar-refractivity contribution in [1.82, 2.24) is 20.3 Å². The van der Waals surface area contributed by atoms with Crippen molar-refractivity contribution in [2.75, 3.05) is 0 Å². The average Bonchev–Trinajstić information content (AvgIpc) is 3.59. The molecule has 0 spiro atoms. The molecule has 0 amide bonds. The fourth-order valence-electron chi connectivity index (χ4n) is 6.77. The van der Waals surface area contributed by atoms with Crippen LogP contribution in [0.4, 0.5) is 0 Å². The zero-order valence-corrected chi connectivity index (χ0v) is 25.4. The van der Waals surface area contributed by atoms with Gasteiger partial charge in [-0.05, 0) is 117 Å². The topological polar surface area (TPSA) is 134 Å². The lowest BCUT2D eigenvalue weighted by molar-refractivity contribution is -0.138. The van der Waals surface area contributed by atoms with Gasteiger partial charge in [-0.25, -0.2) is 0 Å². The number of fused-ring (bicyclic) bond motifs is 8. The Bertz CT molecular complexity index is 1850. The van der Waals surface area contributed by atoms with E-state index in [9.17, 15) is 19.8 Å².